The van der Waals surface area contributed by atoms with Gasteiger partial charge in [0.2, 0.25) is 0 Å². The summed E-state index contributed by atoms with van der Waals surface area (Å²) in [6, 6.07) is 4.49. The number of aryl methyl sites for hydroxylation is 1. The van der Waals surface area contributed by atoms with Crippen LogP contribution in [0.5, 0.6) is 5.75 Å². The molecule has 2 rings (SSSR count). The maximum absolute atomic E-state index is 12.8. The molecule has 1 aromatic rings. The first kappa shape index (κ1) is 9.43. The second-order valence-electron chi connectivity index (χ2n) is 3.26. The molecule has 14 heavy (non-hydrogen) atoms. The summed E-state index contributed by atoms with van der Waals surface area (Å²) in [5, 5.41) is 11.4. The zero-order valence-corrected chi connectivity index (χ0v) is 7.66. The Morgan fingerprint density at radius 3 is 3.21 bits per heavy atom. The fourth-order valence-electron chi connectivity index (χ4n) is 1.60. The van der Waals surface area contributed by atoms with E-state index in [9.17, 15) is 4.39 Å². The second kappa shape index (κ2) is 3.94. The summed E-state index contributed by atoms with van der Waals surface area (Å²) in [7, 11) is 0. The molecule has 0 spiro atoms. The quantitative estimate of drug-likeness (QED) is 0.695. The maximum atomic E-state index is 12.8. The number of hydrogen-bond acceptors (Lipinski definition) is 3. The van der Waals surface area contributed by atoms with E-state index in [2.05, 4.69) is 5.32 Å². The summed E-state index contributed by atoms with van der Waals surface area (Å²) in [6.45, 7) is -0.110. The van der Waals surface area contributed by atoms with E-state index < -0.39 is 0 Å². The molecule has 76 valence electrons. The first-order valence-electron chi connectivity index (χ1n) is 4.59. The predicted molar refractivity (Wildman–Crippen MR) is 49.4 cm³/mol. The van der Waals surface area contributed by atoms with Crippen molar-refractivity contribution in [3.63, 3.8) is 0 Å². The van der Waals surface area contributed by atoms with Crippen molar-refractivity contribution in [2.24, 2.45) is 0 Å². The van der Waals surface area contributed by atoms with Gasteiger partial charge in [-0.2, -0.15) is 0 Å². The van der Waals surface area contributed by atoms with Gasteiger partial charge in [-0.3, -0.25) is 5.32 Å². The van der Waals surface area contributed by atoms with Crippen LogP contribution in [-0.2, 0) is 6.42 Å². The number of halogens is 1. The van der Waals surface area contributed by atoms with Gasteiger partial charge in [0.25, 0.3) is 0 Å². The third kappa shape index (κ3) is 1.86. The van der Waals surface area contributed by atoms with Crippen LogP contribution in [0.2, 0.25) is 0 Å². The molecule has 1 heterocycles. The van der Waals surface area contributed by atoms with Crippen molar-refractivity contribution in [3.05, 3.63) is 29.6 Å². The van der Waals surface area contributed by atoms with E-state index in [4.69, 9.17) is 9.84 Å². The number of benzene rings is 1. The Morgan fingerprint density at radius 1 is 1.57 bits per heavy atom. The SMILES string of the molecule is OCNC1CCc2cc(F)ccc2O1. The Kier molecular flexibility index (Phi) is 2.65. The molecule has 2 N–H and O–H groups in total. The summed E-state index contributed by atoms with van der Waals surface area (Å²) in [5.74, 6) is 0.463. The van der Waals surface area contributed by atoms with E-state index in [-0.39, 0.29) is 18.8 Å². The van der Waals surface area contributed by atoms with Crippen LogP contribution in [0.4, 0.5) is 4.39 Å². The van der Waals surface area contributed by atoms with Gasteiger partial charge in [0, 0.05) is 6.42 Å². The van der Waals surface area contributed by atoms with E-state index in [1.165, 1.54) is 12.1 Å². The lowest BCUT2D eigenvalue weighted by molar-refractivity contribution is 0.0998. The normalized spacial score (nSPS) is 20.0. The fourth-order valence-corrected chi connectivity index (χ4v) is 1.60. The van der Waals surface area contributed by atoms with Crippen LogP contribution in [-0.4, -0.2) is 18.1 Å². The van der Waals surface area contributed by atoms with E-state index in [1.54, 1.807) is 6.07 Å². The largest absolute Gasteiger partial charge is 0.475 e. The molecule has 1 unspecified atom stereocenters. The van der Waals surface area contributed by atoms with Gasteiger partial charge in [-0.25, -0.2) is 4.39 Å². The van der Waals surface area contributed by atoms with E-state index in [1.807, 2.05) is 0 Å². The lowest BCUT2D eigenvalue weighted by Gasteiger charge is -2.26. The van der Waals surface area contributed by atoms with Crippen molar-refractivity contribution in [2.45, 2.75) is 19.1 Å². The molecule has 1 aliphatic heterocycles. The molecule has 0 aliphatic carbocycles. The summed E-state index contributed by atoms with van der Waals surface area (Å²) >= 11 is 0. The summed E-state index contributed by atoms with van der Waals surface area (Å²) in [5.41, 5.74) is 0.890. The summed E-state index contributed by atoms with van der Waals surface area (Å²) < 4.78 is 18.3. The number of hydrogen-bond donors (Lipinski definition) is 2. The molecule has 0 amide bonds. The van der Waals surface area contributed by atoms with Gasteiger partial charge < -0.3 is 9.84 Å². The molecule has 4 heteroatoms. The molecule has 0 saturated carbocycles. The Labute approximate surface area is 81.5 Å². The van der Waals surface area contributed by atoms with Gasteiger partial charge in [-0.15, -0.1) is 0 Å². The molecular formula is C10H12FNO2. The van der Waals surface area contributed by atoms with Crippen LogP contribution in [0.3, 0.4) is 0 Å². The summed E-state index contributed by atoms with van der Waals surface area (Å²) in [6.07, 6.45) is 1.35. The molecule has 0 fully saturated rings. The van der Waals surface area contributed by atoms with Crippen molar-refractivity contribution in [3.8, 4) is 5.75 Å². The standard InChI is InChI=1S/C10H12FNO2/c11-8-2-3-9-7(5-8)1-4-10(14-9)12-6-13/h2-3,5,10,12-13H,1,4,6H2. The average Bonchev–Trinajstić information content (AvgIpc) is 2.19. The van der Waals surface area contributed by atoms with Crippen molar-refractivity contribution in [2.75, 3.05) is 6.73 Å². The topological polar surface area (TPSA) is 41.5 Å². The number of nitrogens with one attached hydrogen (secondary N) is 1. The number of ether oxygens (including phenoxy) is 1. The number of rotatable bonds is 2. The van der Waals surface area contributed by atoms with Gasteiger partial charge in [0.05, 0.1) is 6.73 Å². The minimum Gasteiger partial charge on any atom is -0.475 e. The minimum atomic E-state index is -0.235. The van der Waals surface area contributed by atoms with E-state index in [0.717, 1.165) is 18.4 Å². The third-order valence-corrected chi connectivity index (χ3v) is 2.29. The van der Waals surface area contributed by atoms with Gasteiger partial charge in [-0.1, -0.05) is 0 Å². The van der Waals surface area contributed by atoms with Crippen molar-refractivity contribution in [1.82, 2.24) is 5.32 Å². The molecular weight excluding hydrogens is 185 g/mol. The summed E-state index contributed by atoms with van der Waals surface area (Å²) in [4.78, 5) is 0. The fraction of sp³-hybridized carbons (Fsp3) is 0.400. The highest BCUT2D eigenvalue weighted by Crippen LogP contribution is 2.27. The highest BCUT2D eigenvalue weighted by atomic mass is 19.1. The molecule has 0 bridgehead atoms. The molecule has 0 aromatic heterocycles. The van der Waals surface area contributed by atoms with Gasteiger partial charge in [-0.05, 0) is 30.2 Å². The van der Waals surface area contributed by atoms with Crippen LogP contribution >= 0.6 is 0 Å². The zero-order chi connectivity index (χ0) is 9.97. The van der Waals surface area contributed by atoms with Crippen molar-refractivity contribution >= 4 is 0 Å². The van der Waals surface area contributed by atoms with Gasteiger partial charge in [0.1, 0.15) is 11.6 Å². The van der Waals surface area contributed by atoms with E-state index >= 15 is 0 Å². The van der Waals surface area contributed by atoms with Crippen molar-refractivity contribution < 1.29 is 14.2 Å². The zero-order valence-electron chi connectivity index (χ0n) is 7.66. The average molecular weight is 197 g/mol. The molecule has 3 nitrogen and oxygen atoms in total. The Morgan fingerprint density at radius 2 is 2.43 bits per heavy atom. The number of aliphatic hydroxyl groups excluding tert-OH is 1. The maximum Gasteiger partial charge on any atom is 0.152 e. The van der Waals surface area contributed by atoms with Crippen LogP contribution in [0.25, 0.3) is 0 Å². The highest BCUT2D eigenvalue weighted by molar-refractivity contribution is 5.35. The minimum absolute atomic E-state index is 0.110. The molecule has 1 aliphatic rings. The molecule has 0 radical (unpaired) electrons. The van der Waals surface area contributed by atoms with Crippen LogP contribution in [0, 0.1) is 5.82 Å². The van der Waals surface area contributed by atoms with Crippen LogP contribution in [0.15, 0.2) is 18.2 Å². The first-order chi connectivity index (χ1) is 6.79. The smallest absolute Gasteiger partial charge is 0.152 e. The van der Waals surface area contributed by atoms with Gasteiger partial charge in [0.15, 0.2) is 6.23 Å². The third-order valence-electron chi connectivity index (χ3n) is 2.29. The first-order valence-corrected chi connectivity index (χ1v) is 4.59. The highest BCUT2D eigenvalue weighted by Gasteiger charge is 2.18. The second-order valence-corrected chi connectivity index (χ2v) is 3.26. The van der Waals surface area contributed by atoms with Crippen LogP contribution in [0.1, 0.15) is 12.0 Å². The molecule has 1 aromatic carbocycles. The predicted octanol–water partition coefficient (Wildman–Crippen LogP) is 1.02. The monoisotopic (exact) mass is 197 g/mol. The lowest BCUT2D eigenvalue weighted by atomic mass is 10.1. The molecule has 0 saturated heterocycles. The number of fused-ring (bicyclic) bond motifs is 1. The Balaban J connectivity index is 2.15. The Bertz CT molecular complexity index is 330. The van der Waals surface area contributed by atoms with Crippen molar-refractivity contribution in [1.29, 1.82) is 0 Å². The number of aliphatic hydroxyl groups is 1. The van der Waals surface area contributed by atoms with E-state index in [0.29, 0.717) is 5.75 Å². The molecule has 1 atom stereocenters. The lowest BCUT2D eigenvalue weighted by Crippen LogP contribution is -2.37. The van der Waals surface area contributed by atoms with Gasteiger partial charge >= 0.3 is 0 Å². The van der Waals surface area contributed by atoms with Crippen LogP contribution < -0.4 is 10.1 Å². The Hall–Kier alpha value is -1.13.